The number of halogens is 1. The molecule has 17 heavy (non-hydrogen) atoms. The second-order valence-corrected chi connectivity index (χ2v) is 4.40. The van der Waals surface area contributed by atoms with Crippen molar-refractivity contribution >= 4 is 11.6 Å². The molecular weight excluding hydrogens is 236 g/mol. The van der Waals surface area contributed by atoms with Gasteiger partial charge in [0, 0.05) is 18.0 Å². The lowest BCUT2D eigenvalue weighted by Crippen LogP contribution is -1.95. The number of hydrogen-bond donors (Lipinski definition) is 0. The molecule has 1 aliphatic rings. The summed E-state index contributed by atoms with van der Waals surface area (Å²) >= 11 is 5.99. The summed E-state index contributed by atoms with van der Waals surface area (Å²) in [5.74, 6) is 0.899. The summed E-state index contributed by atoms with van der Waals surface area (Å²) in [6.45, 7) is 0. The first kappa shape index (κ1) is 10.5. The van der Waals surface area contributed by atoms with Crippen LogP contribution in [0.25, 0.3) is 11.3 Å². The van der Waals surface area contributed by atoms with Crippen molar-refractivity contribution < 1.29 is 4.74 Å². The molecule has 1 fully saturated rings. The van der Waals surface area contributed by atoms with E-state index in [-0.39, 0.29) is 0 Å². The van der Waals surface area contributed by atoms with Crippen LogP contribution in [0.2, 0.25) is 5.15 Å². The fourth-order valence-corrected chi connectivity index (χ4v) is 1.80. The van der Waals surface area contributed by atoms with Crippen molar-refractivity contribution in [2.75, 3.05) is 0 Å². The highest BCUT2D eigenvalue weighted by atomic mass is 35.5. The van der Waals surface area contributed by atoms with E-state index in [9.17, 15) is 0 Å². The predicted octanol–water partition coefficient (Wildman–Crippen LogP) is 3.34. The number of hydrogen-bond acceptors (Lipinski definition) is 3. The van der Waals surface area contributed by atoms with Gasteiger partial charge < -0.3 is 4.74 Å². The molecule has 0 atom stereocenters. The van der Waals surface area contributed by atoms with Crippen molar-refractivity contribution in [1.82, 2.24) is 9.97 Å². The van der Waals surface area contributed by atoms with E-state index in [0.29, 0.717) is 17.0 Å². The minimum atomic E-state index is 0.418. The van der Waals surface area contributed by atoms with Crippen molar-refractivity contribution in [3.8, 4) is 17.0 Å². The summed E-state index contributed by atoms with van der Waals surface area (Å²) in [6, 6.07) is 7.79. The van der Waals surface area contributed by atoms with Crippen LogP contribution in [0.1, 0.15) is 12.8 Å². The van der Waals surface area contributed by atoms with Gasteiger partial charge in [-0.15, -0.1) is 0 Å². The summed E-state index contributed by atoms with van der Waals surface area (Å²) in [5, 5.41) is 0.420. The molecule has 2 aromatic rings. The third-order valence-electron chi connectivity index (χ3n) is 2.61. The van der Waals surface area contributed by atoms with Crippen molar-refractivity contribution in [2.45, 2.75) is 18.9 Å². The van der Waals surface area contributed by atoms with E-state index in [2.05, 4.69) is 9.97 Å². The SMILES string of the molecule is Clc1nccnc1-c1ccc(OC2CC2)cc1. The van der Waals surface area contributed by atoms with Crippen molar-refractivity contribution in [1.29, 1.82) is 0 Å². The molecule has 1 aliphatic carbocycles. The van der Waals surface area contributed by atoms with Gasteiger partial charge in [0.1, 0.15) is 11.4 Å². The first-order valence-corrected chi connectivity index (χ1v) is 5.94. The Morgan fingerprint density at radius 1 is 1.06 bits per heavy atom. The fraction of sp³-hybridized carbons (Fsp3) is 0.231. The van der Waals surface area contributed by atoms with Crippen LogP contribution in [0.3, 0.4) is 0 Å². The molecule has 1 aromatic heterocycles. The Balaban J connectivity index is 1.86. The minimum Gasteiger partial charge on any atom is -0.490 e. The molecule has 86 valence electrons. The van der Waals surface area contributed by atoms with Gasteiger partial charge in [0.25, 0.3) is 0 Å². The van der Waals surface area contributed by atoms with Gasteiger partial charge in [0.05, 0.1) is 6.10 Å². The molecule has 0 bridgehead atoms. The van der Waals surface area contributed by atoms with E-state index in [0.717, 1.165) is 24.2 Å². The van der Waals surface area contributed by atoms with Crippen molar-refractivity contribution in [2.24, 2.45) is 0 Å². The zero-order chi connectivity index (χ0) is 11.7. The maximum absolute atomic E-state index is 5.99. The third kappa shape index (κ3) is 2.39. The van der Waals surface area contributed by atoms with E-state index in [1.807, 2.05) is 24.3 Å². The first-order valence-electron chi connectivity index (χ1n) is 5.56. The van der Waals surface area contributed by atoms with Gasteiger partial charge in [0.15, 0.2) is 5.15 Å². The maximum Gasteiger partial charge on any atom is 0.155 e. The summed E-state index contributed by atoms with van der Waals surface area (Å²) in [5.41, 5.74) is 1.65. The Labute approximate surface area is 104 Å². The van der Waals surface area contributed by atoms with Gasteiger partial charge in [-0.2, -0.15) is 0 Å². The maximum atomic E-state index is 5.99. The van der Waals surface area contributed by atoms with E-state index in [1.54, 1.807) is 12.4 Å². The summed E-state index contributed by atoms with van der Waals surface area (Å²) in [7, 11) is 0. The topological polar surface area (TPSA) is 35.0 Å². The zero-order valence-corrected chi connectivity index (χ0v) is 9.89. The molecule has 0 radical (unpaired) electrons. The molecule has 3 rings (SSSR count). The van der Waals surface area contributed by atoms with Crippen LogP contribution in [-0.2, 0) is 0 Å². The molecular formula is C13H11ClN2O. The van der Waals surface area contributed by atoms with Gasteiger partial charge in [-0.25, -0.2) is 4.98 Å². The van der Waals surface area contributed by atoms with Gasteiger partial charge in [-0.1, -0.05) is 11.6 Å². The smallest absolute Gasteiger partial charge is 0.155 e. The lowest BCUT2D eigenvalue weighted by atomic mass is 10.1. The molecule has 1 heterocycles. The standard InChI is InChI=1S/C13H11ClN2O/c14-13-12(15-7-8-16-13)9-1-3-10(4-2-9)17-11-5-6-11/h1-4,7-8,11H,5-6H2. The number of rotatable bonds is 3. The quantitative estimate of drug-likeness (QED) is 0.833. The molecule has 0 spiro atoms. The average Bonchev–Trinajstić information content (AvgIpc) is 3.15. The Hall–Kier alpha value is -1.61. The molecule has 4 heteroatoms. The van der Waals surface area contributed by atoms with Crippen LogP contribution in [0.5, 0.6) is 5.75 Å². The number of aromatic nitrogens is 2. The highest BCUT2D eigenvalue weighted by Gasteiger charge is 2.23. The lowest BCUT2D eigenvalue weighted by molar-refractivity contribution is 0.303. The van der Waals surface area contributed by atoms with Crippen molar-refractivity contribution in [3.63, 3.8) is 0 Å². The Kier molecular flexibility index (Phi) is 2.69. The second-order valence-electron chi connectivity index (χ2n) is 4.04. The molecule has 0 saturated heterocycles. The highest BCUT2D eigenvalue weighted by molar-refractivity contribution is 6.31. The van der Waals surface area contributed by atoms with Crippen LogP contribution < -0.4 is 4.74 Å². The Bertz CT molecular complexity index is 523. The molecule has 0 unspecified atom stereocenters. The van der Waals surface area contributed by atoms with E-state index in [1.165, 1.54) is 0 Å². The number of nitrogens with zero attached hydrogens (tertiary/aromatic N) is 2. The average molecular weight is 247 g/mol. The Morgan fingerprint density at radius 3 is 2.41 bits per heavy atom. The fourth-order valence-electron chi connectivity index (χ4n) is 1.58. The zero-order valence-electron chi connectivity index (χ0n) is 9.14. The van der Waals surface area contributed by atoms with Crippen LogP contribution in [0.4, 0.5) is 0 Å². The molecule has 1 saturated carbocycles. The van der Waals surface area contributed by atoms with Gasteiger partial charge in [-0.3, -0.25) is 4.98 Å². The summed E-state index contributed by atoms with van der Waals surface area (Å²) in [4.78, 5) is 8.22. The second kappa shape index (κ2) is 4.34. The normalized spacial score (nSPS) is 14.6. The monoisotopic (exact) mass is 246 g/mol. The van der Waals surface area contributed by atoms with E-state index in [4.69, 9.17) is 16.3 Å². The largest absolute Gasteiger partial charge is 0.490 e. The minimum absolute atomic E-state index is 0.418. The van der Waals surface area contributed by atoms with Gasteiger partial charge in [-0.05, 0) is 37.1 Å². The van der Waals surface area contributed by atoms with E-state index < -0.39 is 0 Å². The van der Waals surface area contributed by atoms with E-state index >= 15 is 0 Å². The van der Waals surface area contributed by atoms with Crippen LogP contribution in [0.15, 0.2) is 36.7 Å². The van der Waals surface area contributed by atoms with Crippen LogP contribution >= 0.6 is 11.6 Å². The predicted molar refractivity (Wildman–Crippen MR) is 66.1 cm³/mol. The third-order valence-corrected chi connectivity index (χ3v) is 2.89. The summed E-state index contributed by atoms with van der Waals surface area (Å²) < 4.78 is 5.68. The summed E-state index contributed by atoms with van der Waals surface area (Å²) in [6.07, 6.45) is 5.96. The molecule has 3 nitrogen and oxygen atoms in total. The van der Waals surface area contributed by atoms with Crippen molar-refractivity contribution in [3.05, 3.63) is 41.8 Å². The molecule has 0 N–H and O–H groups in total. The molecule has 1 aromatic carbocycles. The lowest BCUT2D eigenvalue weighted by Gasteiger charge is -2.06. The highest BCUT2D eigenvalue weighted by Crippen LogP contribution is 2.29. The number of ether oxygens (including phenoxy) is 1. The molecule has 0 amide bonds. The van der Waals surface area contributed by atoms with Crippen LogP contribution in [0, 0.1) is 0 Å². The first-order chi connectivity index (χ1) is 8.33. The molecule has 0 aliphatic heterocycles. The van der Waals surface area contributed by atoms with Crippen LogP contribution in [-0.4, -0.2) is 16.1 Å². The number of benzene rings is 1. The van der Waals surface area contributed by atoms with Gasteiger partial charge in [0.2, 0.25) is 0 Å². The Morgan fingerprint density at radius 2 is 1.76 bits per heavy atom. The van der Waals surface area contributed by atoms with Gasteiger partial charge >= 0.3 is 0 Å².